The molecule has 0 spiro atoms. The number of aromatic amines is 1. The molecule has 7 heteroatoms. The van der Waals surface area contributed by atoms with Crippen LogP contribution in [0, 0.1) is 5.82 Å². The Hall–Kier alpha value is -3.06. The molecular weight excluding hydrogens is 385 g/mol. The van der Waals surface area contributed by atoms with Crippen LogP contribution >= 0.6 is 0 Å². The molecule has 158 valence electrons. The zero-order valence-corrected chi connectivity index (χ0v) is 17.4. The number of nitrogens with one attached hydrogen (secondary N) is 1. The van der Waals surface area contributed by atoms with Gasteiger partial charge in [0, 0.05) is 23.7 Å². The highest BCUT2D eigenvalue weighted by Gasteiger charge is 2.27. The van der Waals surface area contributed by atoms with E-state index in [1.54, 1.807) is 21.3 Å². The van der Waals surface area contributed by atoms with Crippen LogP contribution < -0.4 is 14.2 Å². The molecule has 4 rings (SSSR count). The van der Waals surface area contributed by atoms with Gasteiger partial charge < -0.3 is 14.2 Å². The number of nitrogens with zero attached hydrogens (tertiary/aromatic N) is 2. The number of ether oxygens (including phenoxy) is 3. The van der Waals surface area contributed by atoms with E-state index in [9.17, 15) is 4.39 Å². The molecule has 1 aliphatic heterocycles. The van der Waals surface area contributed by atoms with Crippen LogP contribution in [0.1, 0.15) is 30.0 Å². The molecule has 6 nitrogen and oxygen atoms in total. The lowest BCUT2D eigenvalue weighted by Gasteiger charge is -2.25. The van der Waals surface area contributed by atoms with E-state index in [1.165, 1.54) is 12.1 Å². The highest BCUT2D eigenvalue weighted by molar-refractivity contribution is 5.70. The summed E-state index contributed by atoms with van der Waals surface area (Å²) in [5.74, 6) is 1.54. The fraction of sp³-hybridized carbons (Fsp3) is 0.348. The van der Waals surface area contributed by atoms with Crippen molar-refractivity contribution in [3.05, 3.63) is 59.5 Å². The first-order valence-corrected chi connectivity index (χ1v) is 9.96. The molecule has 0 radical (unpaired) electrons. The van der Waals surface area contributed by atoms with E-state index in [4.69, 9.17) is 14.2 Å². The smallest absolute Gasteiger partial charge is 0.203 e. The van der Waals surface area contributed by atoms with Crippen LogP contribution in [0.25, 0.3) is 11.3 Å². The van der Waals surface area contributed by atoms with Gasteiger partial charge in [-0.15, -0.1) is 0 Å². The van der Waals surface area contributed by atoms with Gasteiger partial charge >= 0.3 is 0 Å². The maximum Gasteiger partial charge on any atom is 0.203 e. The van der Waals surface area contributed by atoms with E-state index < -0.39 is 0 Å². The Labute approximate surface area is 175 Å². The number of H-pyrrole nitrogens is 1. The van der Waals surface area contributed by atoms with Gasteiger partial charge in [0.25, 0.3) is 0 Å². The molecule has 0 saturated carbocycles. The second-order valence-corrected chi connectivity index (χ2v) is 7.36. The van der Waals surface area contributed by atoms with E-state index in [-0.39, 0.29) is 11.9 Å². The summed E-state index contributed by atoms with van der Waals surface area (Å²) in [7, 11) is 4.80. The third-order valence-electron chi connectivity index (χ3n) is 5.66. The molecule has 1 fully saturated rings. The molecule has 30 heavy (non-hydrogen) atoms. The number of benzene rings is 2. The van der Waals surface area contributed by atoms with Gasteiger partial charge in [0.1, 0.15) is 5.82 Å². The second-order valence-electron chi connectivity index (χ2n) is 7.36. The van der Waals surface area contributed by atoms with Crippen molar-refractivity contribution in [1.29, 1.82) is 0 Å². The minimum absolute atomic E-state index is 0.206. The number of methoxy groups -OCH3 is 3. The fourth-order valence-corrected chi connectivity index (χ4v) is 4.20. The normalized spacial score (nSPS) is 16.6. The van der Waals surface area contributed by atoms with Crippen LogP contribution in [0.2, 0.25) is 0 Å². The van der Waals surface area contributed by atoms with Crippen LogP contribution in [0.15, 0.2) is 42.6 Å². The number of likely N-dealkylation sites (tertiary alicyclic amines) is 1. The monoisotopic (exact) mass is 411 g/mol. The van der Waals surface area contributed by atoms with Gasteiger partial charge in [-0.3, -0.25) is 10.00 Å². The first-order valence-electron chi connectivity index (χ1n) is 9.96. The van der Waals surface area contributed by atoms with Gasteiger partial charge in [0.2, 0.25) is 5.75 Å². The number of hydrogen-bond donors (Lipinski definition) is 1. The Kier molecular flexibility index (Phi) is 5.90. The summed E-state index contributed by atoms with van der Waals surface area (Å²) in [5.41, 5.74) is 4.05. The predicted octanol–water partition coefficient (Wildman–Crippen LogP) is 4.58. The van der Waals surface area contributed by atoms with Crippen LogP contribution in [0.5, 0.6) is 17.2 Å². The van der Waals surface area contributed by atoms with Gasteiger partial charge in [-0.25, -0.2) is 4.39 Å². The predicted molar refractivity (Wildman–Crippen MR) is 112 cm³/mol. The van der Waals surface area contributed by atoms with E-state index in [1.807, 2.05) is 30.5 Å². The van der Waals surface area contributed by atoms with E-state index in [0.717, 1.165) is 48.3 Å². The standard InChI is InChI=1S/C23H26FN3O3/c1-28-20-11-16(12-21(29-2)23(20)30-3)22-17(13-25-26-22)14-27-10-4-5-19(27)15-6-8-18(24)9-7-15/h6-9,11-13,19H,4-5,10,14H2,1-3H3,(H,25,26). The summed E-state index contributed by atoms with van der Waals surface area (Å²) >= 11 is 0. The van der Waals surface area contributed by atoms with Gasteiger partial charge in [-0.1, -0.05) is 12.1 Å². The number of aromatic nitrogens is 2. The zero-order chi connectivity index (χ0) is 21.1. The molecule has 1 N–H and O–H groups in total. The van der Waals surface area contributed by atoms with Crippen molar-refractivity contribution in [2.24, 2.45) is 0 Å². The van der Waals surface area contributed by atoms with Gasteiger partial charge in [0.05, 0.1) is 33.2 Å². The van der Waals surface area contributed by atoms with Crippen molar-refractivity contribution in [2.45, 2.75) is 25.4 Å². The van der Waals surface area contributed by atoms with Crippen molar-refractivity contribution >= 4 is 0 Å². The topological polar surface area (TPSA) is 59.6 Å². The van der Waals surface area contributed by atoms with Crippen molar-refractivity contribution in [3.8, 4) is 28.5 Å². The van der Waals surface area contributed by atoms with Crippen LogP contribution in [-0.2, 0) is 6.54 Å². The SMILES string of the molecule is COc1cc(-c2[nH]ncc2CN2CCCC2c2ccc(F)cc2)cc(OC)c1OC. The summed E-state index contributed by atoms with van der Waals surface area (Å²) in [6.45, 7) is 1.73. The molecule has 0 amide bonds. The summed E-state index contributed by atoms with van der Waals surface area (Å²) in [6.07, 6.45) is 4.03. The largest absolute Gasteiger partial charge is 0.493 e. The Balaban J connectivity index is 1.63. The fourth-order valence-electron chi connectivity index (χ4n) is 4.20. The molecule has 1 unspecified atom stereocenters. The molecule has 3 aromatic rings. The summed E-state index contributed by atoms with van der Waals surface area (Å²) in [4.78, 5) is 2.42. The van der Waals surface area contributed by atoms with Gasteiger partial charge in [0.15, 0.2) is 11.5 Å². The Bertz CT molecular complexity index is 978. The Morgan fingerprint density at radius 2 is 1.77 bits per heavy atom. The lowest BCUT2D eigenvalue weighted by molar-refractivity contribution is 0.249. The number of halogens is 1. The number of rotatable bonds is 7. The first kappa shape index (κ1) is 20.2. The van der Waals surface area contributed by atoms with Crippen molar-refractivity contribution in [1.82, 2.24) is 15.1 Å². The van der Waals surface area contributed by atoms with E-state index >= 15 is 0 Å². The number of hydrogen-bond acceptors (Lipinski definition) is 5. The van der Waals surface area contributed by atoms with Crippen LogP contribution in [0.3, 0.4) is 0 Å². The molecule has 2 heterocycles. The highest BCUT2D eigenvalue weighted by atomic mass is 19.1. The summed E-state index contributed by atoms with van der Waals surface area (Å²) < 4.78 is 29.8. The minimum Gasteiger partial charge on any atom is -0.493 e. The Morgan fingerprint density at radius 3 is 2.40 bits per heavy atom. The molecule has 0 aliphatic carbocycles. The first-order chi connectivity index (χ1) is 14.6. The summed E-state index contributed by atoms with van der Waals surface area (Å²) in [6, 6.07) is 10.9. The van der Waals surface area contributed by atoms with Gasteiger partial charge in [-0.05, 0) is 49.2 Å². The maximum absolute atomic E-state index is 13.3. The van der Waals surface area contributed by atoms with E-state index in [2.05, 4.69) is 15.1 Å². The molecule has 1 aliphatic rings. The molecular formula is C23H26FN3O3. The lowest BCUT2D eigenvalue weighted by Crippen LogP contribution is -2.22. The Morgan fingerprint density at radius 1 is 1.07 bits per heavy atom. The maximum atomic E-state index is 13.3. The zero-order valence-electron chi connectivity index (χ0n) is 17.4. The highest BCUT2D eigenvalue weighted by Crippen LogP contribution is 2.42. The third kappa shape index (κ3) is 3.85. The average molecular weight is 411 g/mol. The molecule has 1 saturated heterocycles. The molecule has 1 atom stereocenters. The van der Waals surface area contributed by atoms with Crippen molar-refractivity contribution in [3.63, 3.8) is 0 Å². The second kappa shape index (κ2) is 8.75. The lowest BCUT2D eigenvalue weighted by atomic mass is 10.0. The van der Waals surface area contributed by atoms with Gasteiger partial charge in [-0.2, -0.15) is 5.10 Å². The summed E-state index contributed by atoms with van der Waals surface area (Å²) in [5, 5.41) is 7.41. The van der Waals surface area contributed by atoms with Crippen molar-refractivity contribution in [2.75, 3.05) is 27.9 Å². The van der Waals surface area contributed by atoms with Crippen LogP contribution in [0.4, 0.5) is 4.39 Å². The van der Waals surface area contributed by atoms with E-state index in [0.29, 0.717) is 17.2 Å². The molecule has 0 bridgehead atoms. The average Bonchev–Trinajstić information content (AvgIpc) is 3.43. The molecule has 2 aromatic carbocycles. The van der Waals surface area contributed by atoms with Crippen LogP contribution in [-0.4, -0.2) is 43.0 Å². The van der Waals surface area contributed by atoms with Crippen molar-refractivity contribution < 1.29 is 18.6 Å². The third-order valence-corrected chi connectivity index (χ3v) is 5.66. The quantitative estimate of drug-likeness (QED) is 0.617. The molecule has 1 aromatic heterocycles. The minimum atomic E-state index is -0.206.